The molecule has 0 aliphatic heterocycles. The van der Waals surface area contributed by atoms with Crippen molar-refractivity contribution in [1.29, 1.82) is 0 Å². The molecular weight excluding hydrogens is 314 g/mol. The van der Waals surface area contributed by atoms with Crippen LogP contribution in [0.4, 0.5) is 5.95 Å². The molecule has 6 nitrogen and oxygen atoms in total. The molecule has 116 valence electrons. The van der Waals surface area contributed by atoms with Gasteiger partial charge in [-0.3, -0.25) is 15.1 Å². The van der Waals surface area contributed by atoms with Gasteiger partial charge >= 0.3 is 0 Å². The average molecular weight is 328 g/mol. The first-order valence-electron chi connectivity index (χ1n) is 7.02. The quantitative estimate of drug-likeness (QED) is 0.781. The first kappa shape index (κ1) is 15.2. The largest absolute Gasteiger partial charge is 0.293 e. The van der Waals surface area contributed by atoms with E-state index in [9.17, 15) is 4.79 Å². The Morgan fingerprint density at radius 3 is 2.87 bits per heavy atom. The van der Waals surface area contributed by atoms with Gasteiger partial charge in [-0.05, 0) is 23.3 Å². The van der Waals surface area contributed by atoms with Gasteiger partial charge in [-0.1, -0.05) is 35.9 Å². The van der Waals surface area contributed by atoms with Crippen LogP contribution in [-0.2, 0) is 17.8 Å². The molecule has 1 amide bonds. The van der Waals surface area contributed by atoms with Crippen LogP contribution in [0.5, 0.6) is 0 Å². The number of nitrogens with zero attached hydrogens (tertiary/aromatic N) is 4. The second-order valence-electron chi connectivity index (χ2n) is 4.94. The van der Waals surface area contributed by atoms with Crippen LogP contribution in [0, 0.1) is 0 Å². The summed E-state index contributed by atoms with van der Waals surface area (Å²) in [4.78, 5) is 20.2. The number of rotatable bonds is 5. The van der Waals surface area contributed by atoms with E-state index in [-0.39, 0.29) is 18.3 Å². The van der Waals surface area contributed by atoms with Gasteiger partial charge in [-0.25, -0.2) is 9.67 Å². The van der Waals surface area contributed by atoms with Crippen molar-refractivity contribution in [2.45, 2.75) is 13.0 Å². The monoisotopic (exact) mass is 327 g/mol. The van der Waals surface area contributed by atoms with Crippen molar-refractivity contribution in [3.05, 3.63) is 71.3 Å². The molecule has 23 heavy (non-hydrogen) atoms. The topological polar surface area (TPSA) is 72.7 Å². The van der Waals surface area contributed by atoms with E-state index in [1.165, 1.54) is 0 Å². The zero-order valence-electron chi connectivity index (χ0n) is 12.2. The molecular formula is C16H14ClN5O. The van der Waals surface area contributed by atoms with Gasteiger partial charge in [0.05, 0.1) is 13.0 Å². The lowest BCUT2D eigenvalue weighted by molar-refractivity contribution is -0.115. The van der Waals surface area contributed by atoms with Gasteiger partial charge in [-0.15, -0.1) is 5.10 Å². The number of hydrogen-bond donors (Lipinski definition) is 1. The summed E-state index contributed by atoms with van der Waals surface area (Å²) in [6.07, 6.45) is 5.22. The summed E-state index contributed by atoms with van der Waals surface area (Å²) >= 11 is 6.04. The molecule has 0 unspecified atom stereocenters. The Kier molecular flexibility index (Phi) is 4.63. The van der Waals surface area contributed by atoms with Crippen molar-refractivity contribution >= 4 is 23.5 Å². The fraction of sp³-hybridized carbons (Fsp3) is 0.125. The van der Waals surface area contributed by atoms with Crippen molar-refractivity contribution in [1.82, 2.24) is 19.7 Å². The molecule has 0 aliphatic carbocycles. The maximum absolute atomic E-state index is 12.0. The number of carbonyl (C=O) groups is 1. The lowest BCUT2D eigenvalue weighted by Gasteiger charge is -2.03. The number of halogens is 1. The Bertz CT molecular complexity index is 803. The van der Waals surface area contributed by atoms with Crippen LogP contribution in [-0.4, -0.2) is 25.7 Å². The molecule has 0 radical (unpaired) electrons. The second kappa shape index (κ2) is 7.02. The van der Waals surface area contributed by atoms with Crippen LogP contribution < -0.4 is 5.32 Å². The van der Waals surface area contributed by atoms with E-state index in [2.05, 4.69) is 20.4 Å². The average Bonchev–Trinajstić information content (AvgIpc) is 2.97. The summed E-state index contributed by atoms with van der Waals surface area (Å²) in [7, 11) is 0. The molecule has 2 aromatic heterocycles. The molecule has 2 heterocycles. The summed E-state index contributed by atoms with van der Waals surface area (Å²) < 4.78 is 1.64. The van der Waals surface area contributed by atoms with Crippen LogP contribution in [0.3, 0.4) is 0 Å². The third-order valence-corrected chi connectivity index (χ3v) is 3.53. The predicted octanol–water partition coefficient (Wildman–Crippen LogP) is 2.56. The van der Waals surface area contributed by atoms with E-state index in [4.69, 9.17) is 11.6 Å². The first-order chi connectivity index (χ1) is 11.2. The number of carbonyl (C=O) groups excluding carboxylic acids is 1. The fourth-order valence-electron chi connectivity index (χ4n) is 2.09. The van der Waals surface area contributed by atoms with Gasteiger partial charge in [0.2, 0.25) is 11.9 Å². The van der Waals surface area contributed by atoms with E-state index in [1.54, 1.807) is 29.5 Å². The van der Waals surface area contributed by atoms with E-state index in [0.717, 1.165) is 11.1 Å². The van der Waals surface area contributed by atoms with Gasteiger partial charge in [0.1, 0.15) is 6.33 Å². The third kappa shape index (κ3) is 4.14. The number of amides is 1. The number of hydrogen-bond acceptors (Lipinski definition) is 4. The van der Waals surface area contributed by atoms with Gasteiger partial charge in [0.25, 0.3) is 0 Å². The summed E-state index contributed by atoms with van der Waals surface area (Å²) in [5, 5.41) is 7.46. The van der Waals surface area contributed by atoms with Crippen LogP contribution in [0.25, 0.3) is 0 Å². The van der Waals surface area contributed by atoms with Gasteiger partial charge in [0, 0.05) is 17.4 Å². The minimum atomic E-state index is -0.211. The number of benzene rings is 1. The highest BCUT2D eigenvalue weighted by Crippen LogP contribution is 2.15. The highest BCUT2D eigenvalue weighted by atomic mass is 35.5. The van der Waals surface area contributed by atoms with Gasteiger partial charge in [-0.2, -0.15) is 0 Å². The highest BCUT2D eigenvalue weighted by Gasteiger charge is 2.09. The summed E-state index contributed by atoms with van der Waals surface area (Å²) in [5.74, 6) is 0.0585. The molecule has 0 fully saturated rings. The standard InChI is InChI=1S/C16H14ClN5O/c17-14-6-2-1-5-13(14)8-15(23)20-16-19-11-22(21-16)10-12-4-3-7-18-9-12/h1-7,9,11H,8,10H2,(H,20,21,23). The molecule has 1 N–H and O–H groups in total. The van der Waals surface area contributed by atoms with Crippen LogP contribution in [0.15, 0.2) is 55.1 Å². The lowest BCUT2D eigenvalue weighted by Crippen LogP contribution is -2.16. The van der Waals surface area contributed by atoms with E-state index >= 15 is 0 Å². The maximum atomic E-state index is 12.0. The van der Waals surface area contributed by atoms with Crippen molar-refractivity contribution in [2.24, 2.45) is 0 Å². The molecule has 0 saturated carbocycles. The molecule has 0 atom stereocenters. The Hall–Kier alpha value is -2.73. The molecule has 0 saturated heterocycles. The molecule has 0 aliphatic rings. The normalized spacial score (nSPS) is 10.5. The number of nitrogens with one attached hydrogen (secondary N) is 1. The molecule has 0 bridgehead atoms. The first-order valence-corrected chi connectivity index (χ1v) is 7.40. The van der Waals surface area contributed by atoms with E-state index in [0.29, 0.717) is 11.6 Å². The SMILES string of the molecule is O=C(Cc1ccccc1Cl)Nc1ncn(Cc2cccnc2)n1. The summed E-state index contributed by atoms with van der Waals surface area (Å²) in [5.41, 5.74) is 1.77. The Labute approximate surface area is 138 Å². The molecule has 7 heteroatoms. The van der Waals surface area contributed by atoms with E-state index < -0.39 is 0 Å². The lowest BCUT2D eigenvalue weighted by atomic mass is 10.1. The van der Waals surface area contributed by atoms with Crippen molar-refractivity contribution < 1.29 is 4.79 Å². The zero-order valence-corrected chi connectivity index (χ0v) is 12.9. The zero-order chi connectivity index (χ0) is 16.1. The molecule has 1 aromatic carbocycles. The Morgan fingerprint density at radius 1 is 1.22 bits per heavy atom. The third-order valence-electron chi connectivity index (χ3n) is 3.16. The highest BCUT2D eigenvalue weighted by molar-refractivity contribution is 6.31. The Morgan fingerprint density at radius 2 is 2.09 bits per heavy atom. The smallest absolute Gasteiger partial charge is 0.248 e. The number of aromatic nitrogens is 4. The maximum Gasteiger partial charge on any atom is 0.248 e. The van der Waals surface area contributed by atoms with Crippen LogP contribution >= 0.6 is 11.6 Å². The number of pyridine rings is 1. The van der Waals surface area contributed by atoms with Crippen LogP contribution in [0.1, 0.15) is 11.1 Å². The Balaban J connectivity index is 1.60. The summed E-state index contributed by atoms with van der Waals surface area (Å²) in [6, 6.07) is 11.0. The molecule has 3 rings (SSSR count). The minimum absolute atomic E-state index is 0.177. The number of anilines is 1. The van der Waals surface area contributed by atoms with Crippen LogP contribution in [0.2, 0.25) is 5.02 Å². The fourth-order valence-corrected chi connectivity index (χ4v) is 2.29. The van der Waals surface area contributed by atoms with E-state index in [1.807, 2.05) is 30.3 Å². The van der Waals surface area contributed by atoms with Crippen molar-refractivity contribution in [3.63, 3.8) is 0 Å². The minimum Gasteiger partial charge on any atom is -0.293 e. The van der Waals surface area contributed by atoms with Gasteiger partial charge in [0.15, 0.2) is 0 Å². The summed E-state index contributed by atoms with van der Waals surface area (Å²) in [6.45, 7) is 0.543. The molecule has 0 spiro atoms. The van der Waals surface area contributed by atoms with Crippen molar-refractivity contribution in [2.75, 3.05) is 5.32 Å². The predicted molar refractivity (Wildman–Crippen MR) is 87.1 cm³/mol. The molecule has 3 aromatic rings. The second-order valence-corrected chi connectivity index (χ2v) is 5.35. The van der Waals surface area contributed by atoms with Gasteiger partial charge < -0.3 is 0 Å². The van der Waals surface area contributed by atoms with Crippen molar-refractivity contribution in [3.8, 4) is 0 Å².